The van der Waals surface area contributed by atoms with Crippen LogP contribution in [0, 0.1) is 5.41 Å². The Morgan fingerprint density at radius 3 is 2.78 bits per heavy atom. The lowest BCUT2D eigenvalue weighted by Gasteiger charge is -2.34. The van der Waals surface area contributed by atoms with Crippen molar-refractivity contribution < 1.29 is 14.7 Å². The second-order valence-electron chi connectivity index (χ2n) is 5.04. The Labute approximate surface area is 105 Å². The van der Waals surface area contributed by atoms with Gasteiger partial charge in [0.15, 0.2) is 0 Å². The van der Waals surface area contributed by atoms with Gasteiger partial charge in [0.05, 0.1) is 23.3 Å². The molecule has 0 atom stereocenters. The first-order valence-corrected chi connectivity index (χ1v) is 5.78. The molecule has 1 heterocycles. The van der Waals surface area contributed by atoms with Crippen molar-refractivity contribution in [1.29, 1.82) is 0 Å². The molecule has 0 aromatic heterocycles. The molecule has 1 aromatic carbocycles. The molecular formula is C13H16N2O3. The standard InChI is InChI=1S/C13H16N2O3/c1-13(2,12(17)18)8-15-10-6-4-3-5-9(10)14-7-11(15)16/h3-6,14H,7-8H2,1-2H3,(H,17,18). The van der Waals surface area contributed by atoms with E-state index in [4.69, 9.17) is 5.11 Å². The Hall–Kier alpha value is -2.04. The number of para-hydroxylation sites is 2. The summed E-state index contributed by atoms with van der Waals surface area (Å²) < 4.78 is 0. The molecule has 1 aromatic rings. The third-order valence-electron chi connectivity index (χ3n) is 3.06. The van der Waals surface area contributed by atoms with Crippen molar-refractivity contribution in [3.8, 4) is 0 Å². The van der Waals surface area contributed by atoms with E-state index in [2.05, 4.69) is 5.32 Å². The zero-order valence-electron chi connectivity index (χ0n) is 10.4. The Balaban J connectivity index is 2.33. The van der Waals surface area contributed by atoms with Gasteiger partial charge in [0.2, 0.25) is 5.91 Å². The van der Waals surface area contributed by atoms with Gasteiger partial charge >= 0.3 is 5.97 Å². The molecule has 0 bridgehead atoms. The highest BCUT2D eigenvalue weighted by atomic mass is 16.4. The van der Waals surface area contributed by atoms with Crippen LogP contribution in [-0.2, 0) is 9.59 Å². The number of amides is 1. The second kappa shape index (κ2) is 4.33. The normalized spacial score (nSPS) is 15.0. The number of anilines is 2. The first kappa shape index (κ1) is 12.4. The Kier molecular flexibility index (Phi) is 2.98. The maximum atomic E-state index is 11.9. The molecule has 0 radical (unpaired) electrons. The van der Waals surface area contributed by atoms with Gasteiger partial charge in [0, 0.05) is 6.54 Å². The van der Waals surface area contributed by atoms with Crippen molar-refractivity contribution in [2.45, 2.75) is 13.8 Å². The topological polar surface area (TPSA) is 69.6 Å². The van der Waals surface area contributed by atoms with Gasteiger partial charge < -0.3 is 15.3 Å². The average molecular weight is 248 g/mol. The van der Waals surface area contributed by atoms with E-state index in [1.165, 1.54) is 0 Å². The molecule has 0 unspecified atom stereocenters. The van der Waals surface area contributed by atoms with E-state index in [0.717, 1.165) is 11.4 Å². The van der Waals surface area contributed by atoms with Gasteiger partial charge in [-0.1, -0.05) is 12.1 Å². The zero-order valence-corrected chi connectivity index (χ0v) is 10.4. The summed E-state index contributed by atoms with van der Waals surface area (Å²) in [5, 5.41) is 12.2. The molecular weight excluding hydrogens is 232 g/mol. The van der Waals surface area contributed by atoms with Crippen molar-refractivity contribution in [1.82, 2.24) is 0 Å². The molecule has 0 aliphatic carbocycles. The van der Waals surface area contributed by atoms with E-state index in [1.807, 2.05) is 24.3 Å². The lowest BCUT2D eigenvalue weighted by Crippen LogP contribution is -2.47. The molecule has 5 heteroatoms. The first-order chi connectivity index (χ1) is 8.42. The number of carboxylic acid groups (broad SMARTS) is 1. The number of benzene rings is 1. The third-order valence-corrected chi connectivity index (χ3v) is 3.06. The number of hydrogen-bond acceptors (Lipinski definition) is 3. The minimum Gasteiger partial charge on any atom is -0.481 e. The monoisotopic (exact) mass is 248 g/mol. The zero-order chi connectivity index (χ0) is 13.3. The van der Waals surface area contributed by atoms with Crippen molar-refractivity contribution in [2.75, 3.05) is 23.3 Å². The molecule has 2 rings (SSSR count). The van der Waals surface area contributed by atoms with E-state index in [-0.39, 0.29) is 19.0 Å². The molecule has 0 fully saturated rings. The van der Waals surface area contributed by atoms with Crippen LogP contribution >= 0.6 is 0 Å². The van der Waals surface area contributed by atoms with Gasteiger partial charge in [-0.2, -0.15) is 0 Å². The van der Waals surface area contributed by atoms with Gasteiger partial charge in [-0.25, -0.2) is 0 Å². The van der Waals surface area contributed by atoms with Crippen LogP contribution in [-0.4, -0.2) is 30.1 Å². The van der Waals surface area contributed by atoms with Crippen LogP contribution in [0.15, 0.2) is 24.3 Å². The first-order valence-electron chi connectivity index (χ1n) is 5.78. The van der Waals surface area contributed by atoms with Crippen LogP contribution in [0.3, 0.4) is 0 Å². The molecule has 2 N–H and O–H groups in total. The summed E-state index contributed by atoms with van der Waals surface area (Å²) in [6.45, 7) is 3.60. The SMILES string of the molecule is CC(C)(CN1C(=O)CNc2ccccc21)C(=O)O. The van der Waals surface area contributed by atoms with Gasteiger partial charge in [-0.3, -0.25) is 9.59 Å². The lowest BCUT2D eigenvalue weighted by atomic mass is 9.92. The van der Waals surface area contributed by atoms with E-state index in [1.54, 1.807) is 18.7 Å². The predicted molar refractivity (Wildman–Crippen MR) is 68.7 cm³/mol. The third kappa shape index (κ3) is 2.16. The number of carboxylic acids is 1. The summed E-state index contributed by atoms with van der Waals surface area (Å²) in [6, 6.07) is 7.40. The number of nitrogens with one attached hydrogen (secondary N) is 1. The highest BCUT2D eigenvalue weighted by Gasteiger charge is 2.34. The van der Waals surface area contributed by atoms with Crippen LogP contribution in [0.1, 0.15) is 13.8 Å². The smallest absolute Gasteiger partial charge is 0.310 e. The minimum absolute atomic E-state index is 0.108. The number of rotatable bonds is 3. The summed E-state index contributed by atoms with van der Waals surface area (Å²) in [7, 11) is 0. The fraction of sp³-hybridized carbons (Fsp3) is 0.385. The Morgan fingerprint density at radius 2 is 2.11 bits per heavy atom. The fourth-order valence-corrected chi connectivity index (χ4v) is 1.90. The maximum absolute atomic E-state index is 11.9. The van der Waals surface area contributed by atoms with Gasteiger partial charge in [-0.15, -0.1) is 0 Å². The number of carbonyl (C=O) groups is 2. The number of carbonyl (C=O) groups excluding carboxylic acids is 1. The quantitative estimate of drug-likeness (QED) is 0.851. The van der Waals surface area contributed by atoms with Crippen molar-refractivity contribution in [3.63, 3.8) is 0 Å². The molecule has 1 aliphatic rings. The van der Waals surface area contributed by atoms with Crippen LogP contribution in [0.2, 0.25) is 0 Å². The number of aliphatic carboxylic acids is 1. The Morgan fingerprint density at radius 1 is 1.44 bits per heavy atom. The largest absolute Gasteiger partial charge is 0.481 e. The van der Waals surface area contributed by atoms with Crippen molar-refractivity contribution in [2.24, 2.45) is 5.41 Å². The summed E-state index contributed by atoms with van der Waals surface area (Å²) >= 11 is 0. The summed E-state index contributed by atoms with van der Waals surface area (Å²) in [5.74, 6) is -1.02. The van der Waals surface area contributed by atoms with E-state index in [9.17, 15) is 9.59 Å². The molecule has 0 saturated carbocycles. The molecule has 1 amide bonds. The highest BCUT2D eigenvalue weighted by molar-refractivity contribution is 6.03. The van der Waals surface area contributed by atoms with Gasteiger partial charge in [0.1, 0.15) is 0 Å². The van der Waals surface area contributed by atoms with Gasteiger partial charge in [0.25, 0.3) is 0 Å². The highest BCUT2D eigenvalue weighted by Crippen LogP contribution is 2.31. The van der Waals surface area contributed by atoms with Crippen molar-refractivity contribution in [3.05, 3.63) is 24.3 Å². The molecule has 1 aliphatic heterocycles. The minimum atomic E-state index is -0.972. The van der Waals surface area contributed by atoms with E-state index in [0.29, 0.717) is 0 Å². The molecule has 0 spiro atoms. The number of hydrogen-bond donors (Lipinski definition) is 2. The molecule has 5 nitrogen and oxygen atoms in total. The summed E-state index contributed by atoms with van der Waals surface area (Å²) in [5.41, 5.74) is 0.626. The average Bonchev–Trinajstić information content (AvgIpc) is 2.32. The van der Waals surface area contributed by atoms with Crippen LogP contribution in [0.4, 0.5) is 11.4 Å². The Bertz CT molecular complexity index is 497. The summed E-state index contributed by atoms with van der Waals surface area (Å²) in [4.78, 5) is 24.6. The van der Waals surface area contributed by atoms with Gasteiger partial charge in [-0.05, 0) is 26.0 Å². The van der Waals surface area contributed by atoms with E-state index >= 15 is 0 Å². The lowest BCUT2D eigenvalue weighted by molar-refractivity contribution is -0.146. The van der Waals surface area contributed by atoms with Crippen LogP contribution < -0.4 is 10.2 Å². The van der Waals surface area contributed by atoms with Crippen LogP contribution in [0.5, 0.6) is 0 Å². The number of nitrogens with zero attached hydrogens (tertiary/aromatic N) is 1. The number of fused-ring (bicyclic) bond motifs is 1. The van der Waals surface area contributed by atoms with Crippen LogP contribution in [0.25, 0.3) is 0 Å². The second-order valence-corrected chi connectivity index (χ2v) is 5.04. The molecule has 0 saturated heterocycles. The van der Waals surface area contributed by atoms with Crippen molar-refractivity contribution >= 4 is 23.3 Å². The fourth-order valence-electron chi connectivity index (χ4n) is 1.90. The predicted octanol–water partition coefficient (Wildman–Crippen LogP) is 1.56. The molecule has 96 valence electrons. The molecule has 18 heavy (non-hydrogen) atoms. The van der Waals surface area contributed by atoms with E-state index < -0.39 is 11.4 Å². The maximum Gasteiger partial charge on any atom is 0.310 e. The summed E-state index contributed by atoms with van der Waals surface area (Å²) in [6.07, 6.45) is 0.